The van der Waals surface area contributed by atoms with E-state index in [0.29, 0.717) is 17.3 Å². The summed E-state index contributed by atoms with van der Waals surface area (Å²) in [5.41, 5.74) is 1.19. The molecule has 0 aliphatic heterocycles. The molecule has 3 aromatic rings. The van der Waals surface area contributed by atoms with Crippen molar-refractivity contribution in [3.63, 3.8) is 0 Å². The third-order valence-corrected chi connectivity index (χ3v) is 4.56. The molecule has 7 heteroatoms. The lowest BCUT2D eigenvalue weighted by Crippen LogP contribution is -2.24. The standard InChI is InChI=1S/C19H16BrClN2O3/c1-2-26-19(25)17-12-22(11-13-3-7-15(21)8-4-13)23(18(17)24)16-9-5-14(20)6-10-16/h3-10,12H,2,11H2,1H3. The molecule has 3 rings (SSSR count). The van der Waals surface area contributed by atoms with Crippen molar-refractivity contribution in [2.45, 2.75) is 13.5 Å². The van der Waals surface area contributed by atoms with E-state index < -0.39 is 11.5 Å². The number of hydrogen-bond acceptors (Lipinski definition) is 3. The summed E-state index contributed by atoms with van der Waals surface area (Å²) < 4.78 is 9.07. The Kier molecular flexibility index (Phi) is 5.64. The van der Waals surface area contributed by atoms with Gasteiger partial charge >= 0.3 is 5.97 Å². The zero-order valence-corrected chi connectivity index (χ0v) is 16.3. The van der Waals surface area contributed by atoms with Crippen LogP contribution < -0.4 is 5.56 Å². The molecule has 0 fully saturated rings. The minimum Gasteiger partial charge on any atom is -0.462 e. The molecule has 0 N–H and O–H groups in total. The van der Waals surface area contributed by atoms with Crippen LogP contribution in [0.2, 0.25) is 5.02 Å². The van der Waals surface area contributed by atoms with E-state index in [1.54, 1.807) is 35.9 Å². The van der Waals surface area contributed by atoms with Crippen molar-refractivity contribution < 1.29 is 9.53 Å². The van der Waals surface area contributed by atoms with Crippen LogP contribution in [0.3, 0.4) is 0 Å². The molecule has 0 atom stereocenters. The highest BCUT2D eigenvalue weighted by Crippen LogP contribution is 2.16. The molecule has 0 aliphatic carbocycles. The molecule has 5 nitrogen and oxygen atoms in total. The average Bonchev–Trinajstić information content (AvgIpc) is 2.94. The van der Waals surface area contributed by atoms with Gasteiger partial charge in [-0.15, -0.1) is 0 Å². The van der Waals surface area contributed by atoms with Crippen LogP contribution in [0.4, 0.5) is 0 Å². The van der Waals surface area contributed by atoms with Crippen LogP contribution in [-0.2, 0) is 11.3 Å². The topological polar surface area (TPSA) is 53.2 Å². The first kappa shape index (κ1) is 18.5. The highest BCUT2D eigenvalue weighted by atomic mass is 79.9. The normalized spacial score (nSPS) is 10.7. The third kappa shape index (κ3) is 3.92. The van der Waals surface area contributed by atoms with Gasteiger partial charge in [0.1, 0.15) is 5.56 Å². The summed E-state index contributed by atoms with van der Waals surface area (Å²) in [6.07, 6.45) is 1.52. The van der Waals surface area contributed by atoms with Gasteiger partial charge in [0.05, 0.1) is 18.8 Å². The number of esters is 1. The lowest BCUT2D eigenvalue weighted by molar-refractivity contribution is 0.0524. The summed E-state index contributed by atoms with van der Waals surface area (Å²) >= 11 is 9.32. The van der Waals surface area contributed by atoms with E-state index in [4.69, 9.17) is 16.3 Å². The molecule has 0 saturated carbocycles. The zero-order valence-electron chi connectivity index (χ0n) is 14.0. The molecule has 0 aliphatic rings. The zero-order chi connectivity index (χ0) is 18.7. The number of nitrogens with zero attached hydrogens (tertiary/aromatic N) is 2. The predicted octanol–water partition coefficient (Wildman–Crippen LogP) is 4.28. The minimum absolute atomic E-state index is 0.00346. The van der Waals surface area contributed by atoms with E-state index in [-0.39, 0.29) is 12.2 Å². The molecule has 0 unspecified atom stereocenters. The molecule has 0 radical (unpaired) electrons. The van der Waals surface area contributed by atoms with Crippen LogP contribution in [0.15, 0.2) is 64.0 Å². The Morgan fingerprint density at radius 1 is 1.12 bits per heavy atom. The van der Waals surface area contributed by atoms with Gasteiger partial charge in [0, 0.05) is 15.7 Å². The molecule has 0 spiro atoms. The van der Waals surface area contributed by atoms with Crippen LogP contribution >= 0.6 is 27.5 Å². The molecule has 0 saturated heterocycles. The first-order valence-corrected chi connectivity index (χ1v) is 9.16. The minimum atomic E-state index is -0.627. The maximum Gasteiger partial charge on any atom is 0.345 e. The second-order valence-corrected chi connectivity index (χ2v) is 6.93. The van der Waals surface area contributed by atoms with Crippen LogP contribution in [0.5, 0.6) is 0 Å². The number of ether oxygens (including phenoxy) is 1. The van der Waals surface area contributed by atoms with Crippen LogP contribution in [0.25, 0.3) is 5.69 Å². The Morgan fingerprint density at radius 2 is 1.77 bits per heavy atom. The predicted molar refractivity (Wildman–Crippen MR) is 104 cm³/mol. The van der Waals surface area contributed by atoms with E-state index in [1.165, 1.54) is 10.9 Å². The molecule has 26 heavy (non-hydrogen) atoms. The molecule has 1 heterocycles. The van der Waals surface area contributed by atoms with Crippen molar-refractivity contribution in [3.05, 3.63) is 85.7 Å². The molecule has 1 aromatic heterocycles. The smallest absolute Gasteiger partial charge is 0.345 e. The number of benzene rings is 2. The van der Waals surface area contributed by atoms with Gasteiger partial charge in [0.2, 0.25) is 0 Å². The number of carbonyl (C=O) groups excluding carboxylic acids is 1. The summed E-state index contributed by atoms with van der Waals surface area (Å²) in [6.45, 7) is 2.32. The Hall–Kier alpha value is -2.31. The van der Waals surface area contributed by atoms with E-state index in [0.717, 1.165) is 10.0 Å². The number of halogens is 2. The highest BCUT2D eigenvalue weighted by molar-refractivity contribution is 9.10. The van der Waals surface area contributed by atoms with E-state index in [9.17, 15) is 9.59 Å². The Labute approximate surface area is 163 Å². The Balaban J connectivity index is 2.09. The average molecular weight is 436 g/mol. The number of hydrogen-bond donors (Lipinski definition) is 0. The van der Waals surface area contributed by atoms with Gasteiger partial charge < -0.3 is 4.74 Å². The first-order valence-electron chi connectivity index (χ1n) is 7.99. The quantitative estimate of drug-likeness (QED) is 0.562. The van der Waals surface area contributed by atoms with E-state index in [2.05, 4.69) is 15.9 Å². The molecular weight excluding hydrogens is 420 g/mol. The summed E-state index contributed by atoms with van der Waals surface area (Å²) in [5.74, 6) is -0.627. The molecular formula is C19H16BrClN2O3. The van der Waals surface area contributed by atoms with Crippen molar-refractivity contribution in [2.24, 2.45) is 0 Å². The fourth-order valence-electron chi connectivity index (χ4n) is 2.58. The molecule has 0 bridgehead atoms. The summed E-state index contributed by atoms with van der Waals surface area (Å²) in [7, 11) is 0. The molecule has 0 amide bonds. The van der Waals surface area contributed by atoms with Crippen molar-refractivity contribution in [3.8, 4) is 5.69 Å². The van der Waals surface area contributed by atoms with E-state index >= 15 is 0 Å². The summed E-state index contributed by atoms with van der Waals surface area (Å²) in [6, 6.07) is 14.6. The van der Waals surface area contributed by atoms with Crippen molar-refractivity contribution in [1.82, 2.24) is 9.36 Å². The first-order chi connectivity index (χ1) is 12.5. The number of rotatable bonds is 5. The second-order valence-electron chi connectivity index (χ2n) is 5.58. The van der Waals surface area contributed by atoms with Gasteiger partial charge in [0.25, 0.3) is 5.56 Å². The Bertz CT molecular complexity index is 976. The van der Waals surface area contributed by atoms with Crippen molar-refractivity contribution >= 4 is 33.5 Å². The van der Waals surface area contributed by atoms with Crippen LogP contribution in [-0.4, -0.2) is 21.9 Å². The van der Waals surface area contributed by atoms with Crippen molar-refractivity contribution in [1.29, 1.82) is 0 Å². The van der Waals surface area contributed by atoms with Crippen LogP contribution in [0.1, 0.15) is 22.8 Å². The number of carbonyl (C=O) groups is 1. The van der Waals surface area contributed by atoms with Gasteiger partial charge in [-0.05, 0) is 48.9 Å². The van der Waals surface area contributed by atoms with Gasteiger partial charge in [-0.2, -0.15) is 0 Å². The monoisotopic (exact) mass is 434 g/mol. The maximum atomic E-state index is 12.8. The van der Waals surface area contributed by atoms with Crippen molar-refractivity contribution in [2.75, 3.05) is 6.61 Å². The van der Waals surface area contributed by atoms with Gasteiger partial charge in [-0.1, -0.05) is 39.7 Å². The second kappa shape index (κ2) is 7.93. The van der Waals surface area contributed by atoms with Gasteiger partial charge in [-0.25, -0.2) is 9.48 Å². The van der Waals surface area contributed by atoms with E-state index in [1.807, 2.05) is 24.3 Å². The third-order valence-electron chi connectivity index (χ3n) is 3.78. The maximum absolute atomic E-state index is 12.8. The Morgan fingerprint density at radius 3 is 2.38 bits per heavy atom. The fraction of sp³-hybridized carbons (Fsp3) is 0.158. The highest BCUT2D eigenvalue weighted by Gasteiger charge is 2.20. The molecule has 2 aromatic carbocycles. The largest absolute Gasteiger partial charge is 0.462 e. The van der Waals surface area contributed by atoms with Gasteiger partial charge in [0.15, 0.2) is 0 Å². The SMILES string of the molecule is CCOC(=O)c1cn(Cc2ccc(Cl)cc2)n(-c2ccc(Br)cc2)c1=O. The lowest BCUT2D eigenvalue weighted by Gasteiger charge is -2.12. The van der Waals surface area contributed by atoms with Gasteiger partial charge in [-0.3, -0.25) is 9.48 Å². The number of aromatic nitrogens is 2. The molecule has 134 valence electrons. The lowest BCUT2D eigenvalue weighted by atomic mass is 10.2. The summed E-state index contributed by atoms with van der Waals surface area (Å²) in [5, 5.41) is 0.638. The fourth-order valence-corrected chi connectivity index (χ4v) is 2.97. The summed E-state index contributed by atoms with van der Waals surface area (Å²) in [4.78, 5) is 25.0. The van der Waals surface area contributed by atoms with Crippen LogP contribution in [0, 0.1) is 0 Å².